The molecule has 2 atom stereocenters. The summed E-state index contributed by atoms with van der Waals surface area (Å²) in [5.41, 5.74) is 1.36. The van der Waals surface area contributed by atoms with E-state index in [2.05, 4.69) is 34.0 Å². The fourth-order valence-corrected chi connectivity index (χ4v) is 5.91. The van der Waals surface area contributed by atoms with E-state index in [1.54, 1.807) is 4.90 Å². The summed E-state index contributed by atoms with van der Waals surface area (Å²) in [4.78, 5) is 5.87. The van der Waals surface area contributed by atoms with E-state index in [0.717, 1.165) is 31.9 Å². The van der Waals surface area contributed by atoms with Crippen molar-refractivity contribution in [2.24, 2.45) is 0 Å². The number of aromatic hydroxyl groups is 1. The summed E-state index contributed by atoms with van der Waals surface area (Å²) < 4.78 is 47.6. The van der Waals surface area contributed by atoms with Gasteiger partial charge in [0.1, 0.15) is 0 Å². The zero-order valence-electron chi connectivity index (χ0n) is 18.9. The Morgan fingerprint density at radius 3 is 2.58 bits per heavy atom. The maximum atomic E-state index is 14.7. The van der Waals surface area contributed by atoms with Gasteiger partial charge in [0.05, 0.1) is 25.0 Å². The Bertz CT molecular complexity index is 1030. The van der Waals surface area contributed by atoms with E-state index < -0.39 is 33.7 Å². The van der Waals surface area contributed by atoms with Crippen molar-refractivity contribution in [3.05, 3.63) is 54.0 Å². The van der Waals surface area contributed by atoms with E-state index in [4.69, 9.17) is 4.74 Å². The van der Waals surface area contributed by atoms with Gasteiger partial charge in [0.25, 0.3) is 0 Å². The molecule has 1 saturated heterocycles. The van der Waals surface area contributed by atoms with Crippen LogP contribution in [0.2, 0.25) is 0 Å². The average molecular weight is 478 g/mol. The van der Waals surface area contributed by atoms with Gasteiger partial charge in [-0.05, 0) is 50.0 Å². The lowest BCUT2D eigenvalue weighted by molar-refractivity contribution is 0.0100. The van der Waals surface area contributed by atoms with Gasteiger partial charge in [-0.3, -0.25) is 0 Å². The molecule has 2 fully saturated rings. The molecule has 0 unspecified atom stereocenters. The minimum atomic E-state index is -3.46. The van der Waals surface area contributed by atoms with Crippen molar-refractivity contribution in [3.8, 4) is 5.75 Å². The van der Waals surface area contributed by atoms with Crippen molar-refractivity contribution in [3.63, 3.8) is 0 Å². The van der Waals surface area contributed by atoms with Gasteiger partial charge in [-0.1, -0.05) is 30.3 Å². The van der Waals surface area contributed by atoms with Crippen LogP contribution >= 0.6 is 0 Å². The number of hydrogen-bond donors (Lipinski definition) is 2. The number of nitrogens with zero attached hydrogens (tertiary/aromatic N) is 2. The zero-order chi connectivity index (χ0) is 23.4. The molecule has 2 N–H and O–H groups in total. The normalized spacial score (nSPS) is 26.3. The summed E-state index contributed by atoms with van der Waals surface area (Å²) in [5, 5.41) is 9.84. The molecule has 0 spiro atoms. The Hall–Kier alpha value is -2.23. The van der Waals surface area contributed by atoms with Gasteiger partial charge in [0, 0.05) is 24.8 Å². The second-order valence-corrected chi connectivity index (χ2v) is 10.9. The lowest BCUT2D eigenvalue weighted by Gasteiger charge is -2.42. The standard InChI is InChI=1S/C24H32FN3O4S/c1-33(30,31)27-20-8-5-15-28(24-23(25)22(29)13-14-26-24)21(20)16-32-19-11-9-18(10-12-19)17-6-3-2-4-7-17/h2-4,6-7,13-14,18-21,27H,5,8-12,15-16H2,1H3,(H,26,29)/t18-,19+,20-,21-/m0/s1. The van der Waals surface area contributed by atoms with E-state index in [0.29, 0.717) is 25.3 Å². The highest BCUT2D eigenvalue weighted by molar-refractivity contribution is 7.88. The number of nitrogens with one attached hydrogen (secondary N) is 1. The Morgan fingerprint density at radius 2 is 1.88 bits per heavy atom. The maximum absolute atomic E-state index is 14.7. The number of sulfonamides is 1. The highest BCUT2D eigenvalue weighted by atomic mass is 32.2. The number of benzene rings is 1. The first-order chi connectivity index (χ1) is 15.8. The van der Waals surface area contributed by atoms with Crippen molar-refractivity contribution < 1.29 is 22.7 Å². The molecule has 180 valence electrons. The first kappa shape index (κ1) is 23.9. The second-order valence-electron chi connectivity index (χ2n) is 9.08. The molecule has 1 saturated carbocycles. The number of piperidine rings is 1. The Morgan fingerprint density at radius 1 is 1.15 bits per heavy atom. The van der Waals surface area contributed by atoms with Crippen LogP contribution in [0.15, 0.2) is 42.6 Å². The van der Waals surface area contributed by atoms with Gasteiger partial charge in [-0.25, -0.2) is 18.1 Å². The highest BCUT2D eigenvalue weighted by Gasteiger charge is 2.36. The second kappa shape index (κ2) is 10.4. The number of rotatable bonds is 7. The topological polar surface area (TPSA) is 91.8 Å². The summed E-state index contributed by atoms with van der Waals surface area (Å²) in [6.07, 6.45) is 7.78. The quantitative estimate of drug-likeness (QED) is 0.634. The van der Waals surface area contributed by atoms with Crippen molar-refractivity contribution in [2.75, 3.05) is 24.3 Å². The van der Waals surface area contributed by atoms with E-state index >= 15 is 0 Å². The molecule has 33 heavy (non-hydrogen) atoms. The van der Waals surface area contributed by atoms with Crippen LogP contribution in [0.1, 0.15) is 50.0 Å². The van der Waals surface area contributed by atoms with E-state index in [-0.39, 0.29) is 18.5 Å². The van der Waals surface area contributed by atoms with Gasteiger partial charge in [0.15, 0.2) is 11.6 Å². The summed E-state index contributed by atoms with van der Waals surface area (Å²) in [7, 11) is -3.46. The largest absolute Gasteiger partial charge is 0.505 e. The minimum absolute atomic E-state index is 0.0244. The monoisotopic (exact) mass is 477 g/mol. The molecule has 2 aliphatic rings. The third-order valence-corrected chi connectivity index (χ3v) is 7.45. The number of ether oxygens (including phenoxy) is 1. The molecule has 0 bridgehead atoms. The molecule has 0 amide bonds. The molecule has 2 aromatic rings. The molecule has 1 aromatic heterocycles. The SMILES string of the molecule is CS(=O)(=O)N[C@H]1CCCN(c2nccc(O)c2F)[C@H]1CO[C@H]1CC[C@@H](c2ccccc2)CC1. The number of anilines is 1. The van der Waals surface area contributed by atoms with Crippen LogP contribution < -0.4 is 9.62 Å². The molecule has 4 rings (SSSR count). The number of halogens is 1. The molecule has 2 heterocycles. The highest BCUT2D eigenvalue weighted by Crippen LogP contribution is 2.35. The van der Waals surface area contributed by atoms with Crippen molar-refractivity contribution in [2.45, 2.75) is 62.6 Å². The van der Waals surface area contributed by atoms with Crippen molar-refractivity contribution >= 4 is 15.8 Å². The predicted molar refractivity (Wildman–Crippen MR) is 125 cm³/mol. The van der Waals surface area contributed by atoms with Crippen LogP contribution in [0.25, 0.3) is 0 Å². The Labute approximate surface area is 195 Å². The van der Waals surface area contributed by atoms with Gasteiger partial charge in [-0.2, -0.15) is 4.39 Å². The summed E-state index contributed by atoms with van der Waals surface area (Å²) in [6, 6.07) is 10.8. The van der Waals surface area contributed by atoms with Gasteiger partial charge in [-0.15, -0.1) is 0 Å². The molecule has 0 radical (unpaired) electrons. The fourth-order valence-electron chi connectivity index (χ4n) is 5.08. The minimum Gasteiger partial charge on any atom is -0.505 e. The van der Waals surface area contributed by atoms with Crippen LogP contribution in [0.4, 0.5) is 10.2 Å². The molecule has 1 aliphatic carbocycles. The van der Waals surface area contributed by atoms with Crippen LogP contribution in [0.5, 0.6) is 5.75 Å². The number of aromatic nitrogens is 1. The van der Waals surface area contributed by atoms with Gasteiger partial charge >= 0.3 is 0 Å². The Balaban J connectivity index is 1.45. The lowest BCUT2D eigenvalue weighted by Crippen LogP contribution is -2.58. The Kier molecular flexibility index (Phi) is 7.51. The van der Waals surface area contributed by atoms with Gasteiger partial charge in [0.2, 0.25) is 15.8 Å². The number of hydrogen-bond acceptors (Lipinski definition) is 6. The third kappa shape index (κ3) is 6.02. The first-order valence-electron chi connectivity index (χ1n) is 11.6. The maximum Gasteiger partial charge on any atom is 0.209 e. The molecule has 9 heteroatoms. The van der Waals surface area contributed by atoms with Crippen molar-refractivity contribution in [1.82, 2.24) is 9.71 Å². The fraction of sp³-hybridized carbons (Fsp3) is 0.542. The molecule has 7 nitrogen and oxygen atoms in total. The molecular weight excluding hydrogens is 445 g/mol. The van der Waals surface area contributed by atoms with Crippen LogP contribution in [-0.2, 0) is 14.8 Å². The third-order valence-electron chi connectivity index (χ3n) is 6.71. The molecular formula is C24H32FN3O4S. The molecule has 1 aliphatic heterocycles. The van der Waals surface area contributed by atoms with E-state index in [1.165, 1.54) is 17.8 Å². The summed E-state index contributed by atoms with van der Waals surface area (Å²) in [5.74, 6) is -0.721. The van der Waals surface area contributed by atoms with E-state index in [1.807, 2.05) is 6.07 Å². The first-order valence-corrected chi connectivity index (χ1v) is 13.4. The van der Waals surface area contributed by atoms with Gasteiger partial charge < -0.3 is 14.7 Å². The average Bonchev–Trinajstić information content (AvgIpc) is 2.80. The smallest absolute Gasteiger partial charge is 0.209 e. The zero-order valence-corrected chi connectivity index (χ0v) is 19.7. The van der Waals surface area contributed by atoms with Crippen LogP contribution in [0, 0.1) is 5.82 Å². The lowest BCUT2D eigenvalue weighted by atomic mass is 9.83. The summed E-state index contributed by atoms with van der Waals surface area (Å²) in [6.45, 7) is 0.759. The van der Waals surface area contributed by atoms with Crippen LogP contribution in [-0.4, -0.2) is 56.1 Å². The summed E-state index contributed by atoms with van der Waals surface area (Å²) >= 11 is 0. The number of pyridine rings is 1. The molecule has 1 aromatic carbocycles. The van der Waals surface area contributed by atoms with Crippen LogP contribution in [0.3, 0.4) is 0 Å². The predicted octanol–water partition coefficient (Wildman–Crippen LogP) is 3.56. The van der Waals surface area contributed by atoms with E-state index in [9.17, 15) is 17.9 Å². The van der Waals surface area contributed by atoms with Crippen molar-refractivity contribution in [1.29, 1.82) is 0 Å².